The van der Waals surface area contributed by atoms with Crippen LogP contribution in [0, 0.1) is 5.92 Å². The summed E-state index contributed by atoms with van der Waals surface area (Å²) in [6, 6.07) is 0. The van der Waals surface area contributed by atoms with Gasteiger partial charge in [0.15, 0.2) is 0 Å². The van der Waals surface area contributed by atoms with Crippen LogP contribution in [0.15, 0.2) is 0 Å². The molecular formula is C12H29NO. The Morgan fingerprint density at radius 2 is 1.64 bits per heavy atom. The fourth-order valence-electron chi connectivity index (χ4n) is 0.757. The number of rotatable bonds is 4. The minimum atomic E-state index is -0.333. The van der Waals surface area contributed by atoms with Gasteiger partial charge in [0.2, 0.25) is 5.91 Å². The Kier molecular flexibility index (Phi) is 25.0. The summed E-state index contributed by atoms with van der Waals surface area (Å²) < 4.78 is 0. The molecule has 2 N–H and O–H groups in total. The van der Waals surface area contributed by atoms with Crippen LogP contribution in [0.1, 0.15) is 67.2 Å². The monoisotopic (exact) mass is 203 g/mol. The van der Waals surface area contributed by atoms with Gasteiger partial charge in [-0.3, -0.25) is 4.79 Å². The van der Waals surface area contributed by atoms with Crippen molar-refractivity contribution in [3.8, 4) is 0 Å². The zero-order chi connectivity index (χ0) is 12.0. The normalized spacial score (nSPS) is 10.1. The third kappa shape index (κ3) is 42.0. The summed E-state index contributed by atoms with van der Waals surface area (Å²) in [5, 5.41) is 0. The van der Waals surface area contributed by atoms with E-state index in [9.17, 15) is 4.79 Å². The third-order valence-corrected chi connectivity index (χ3v) is 1.75. The zero-order valence-corrected chi connectivity index (χ0v) is 10.9. The number of carbonyl (C=O) groups excluding carboxylic acids is 1. The minimum absolute atomic E-state index is 0.333. The van der Waals surface area contributed by atoms with E-state index in [1.54, 1.807) is 0 Å². The van der Waals surface area contributed by atoms with E-state index in [1.807, 2.05) is 13.8 Å². The van der Waals surface area contributed by atoms with Gasteiger partial charge in [-0.1, -0.05) is 60.3 Å². The molecule has 0 aromatic carbocycles. The first kappa shape index (κ1) is 19.1. The summed E-state index contributed by atoms with van der Waals surface area (Å²) in [7, 11) is 0. The molecule has 1 amide bonds. The second-order valence-electron chi connectivity index (χ2n) is 3.27. The maximum absolute atomic E-state index is 9.22. The first-order chi connectivity index (χ1) is 6.54. The van der Waals surface area contributed by atoms with E-state index in [0.717, 1.165) is 5.92 Å². The van der Waals surface area contributed by atoms with Crippen LogP contribution in [0.3, 0.4) is 0 Å². The first-order valence-electron chi connectivity index (χ1n) is 5.80. The molecule has 0 aromatic heterocycles. The van der Waals surface area contributed by atoms with Gasteiger partial charge < -0.3 is 5.73 Å². The van der Waals surface area contributed by atoms with Crippen LogP contribution in [-0.2, 0) is 4.79 Å². The average Bonchev–Trinajstić information content (AvgIpc) is 2.16. The highest BCUT2D eigenvalue weighted by Crippen LogP contribution is 2.09. The van der Waals surface area contributed by atoms with Crippen LogP contribution < -0.4 is 5.73 Å². The summed E-state index contributed by atoms with van der Waals surface area (Å²) in [5.41, 5.74) is 4.47. The average molecular weight is 203 g/mol. The summed E-state index contributed by atoms with van der Waals surface area (Å²) in [6.45, 7) is 12.2. The van der Waals surface area contributed by atoms with E-state index in [0.29, 0.717) is 0 Å². The van der Waals surface area contributed by atoms with Gasteiger partial charge in [0.05, 0.1) is 0 Å². The summed E-state index contributed by atoms with van der Waals surface area (Å²) in [5.74, 6) is 0.620. The zero-order valence-electron chi connectivity index (χ0n) is 10.9. The van der Waals surface area contributed by atoms with Crippen LogP contribution >= 0.6 is 0 Å². The highest BCUT2D eigenvalue weighted by molar-refractivity contribution is 5.70. The Bertz CT molecular complexity index is 98.5. The molecule has 1 unspecified atom stereocenters. The van der Waals surface area contributed by atoms with Crippen molar-refractivity contribution in [1.82, 2.24) is 0 Å². The molecule has 2 nitrogen and oxygen atoms in total. The van der Waals surface area contributed by atoms with Crippen LogP contribution in [-0.4, -0.2) is 5.91 Å². The van der Waals surface area contributed by atoms with E-state index in [-0.39, 0.29) is 5.91 Å². The molecule has 0 saturated heterocycles. The smallest absolute Gasteiger partial charge is 0.214 e. The molecule has 0 bridgehead atoms. The summed E-state index contributed by atoms with van der Waals surface area (Å²) in [4.78, 5) is 9.22. The Morgan fingerprint density at radius 1 is 1.29 bits per heavy atom. The van der Waals surface area contributed by atoms with Gasteiger partial charge in [-0.15, -0.1) is 0 Å². The number of hydrogen-bond donors (Lipinski definition) is 1. The molecule has 1 atom stereocenters. The molecule has 0 aliphatic heterocycles. The van der Waals surface area contributed by atoms with Crippen molar-refractivity contribution in [2.75, 3.05) is 0 Å². The van der Waals surface area contributed by atoms with Crippen LogP contribution in [0.2, 0.25) is 0 Å². The second-order valence-corrected chi connectivity index (χ2v) is 3.27. The Balaban J connectivity index is -0.000000170. The van der Waals surface area contributed by atoms with Crippen molar-refractivity contribution in [1.29, 1.82) is 0 Å². The largest absolute Gasteiger partial charge is 0.370 e. The van der Waals surface area contributed by atoms with Crippen LogP contribution in [0.5, 0.6) is 0 Å². The lowest BCUT2D eigenvalue weighted by atomic mass is 10.0. The van der Waals surface area contributed by atoms with Crippen LogP contribution in [0.4, 0.5) is 0 Å². The SMILES string of the molecule is CC.CC(N)=O.CCCCC(C)CC. The number of unbranched alkanes of at least 4 members (excludes halogenated alkanes) is 1. The molecular weight excluding hydrogens is 174 g/mol. The number of primary amides is 1. The van der Waals surface area contributed by atoms with Gasteiger partial charge in [0, 0.05) is 6.92 Å². The highest BCUT2D eigenvalue weighted by Gasteiger charge is 1.94. The van der Waals surface area contributed by atoms with Crippen molar-refractivity contribution in [2.24, 2.45) is 11.7 Å². The Labute approximate surface area is 90.3 Å². The molecule has 0 rings (SSSR count). The van der Waals surface area contributed by atoms with Gasteiger partial charge in [0.25, 0.3) is 0 Å². The topological polar surface area (TPSA) is 43.1 Å². The molecule has 0 radical (unpaired) electrons. The van der Waals surface area contributed by atoms with E-state index in [2.05, 4.69) is 26.5 Å². The maximum Gasteiger partial charge on any atom is 0.214 e. The van der Waals surface area contributed by atoms with Crippen molar-refractivity contribution in [2.45, 2.75) is 67.2 Å². The molecule has 0 fully saturated rings. The van der Waals surface area contributed by atoms with Crippen LogP contribution in [0.25, 0.3) is 0 Å². The second kappa shape index (κ2) is 18.3. The van der Waals surface area contributed by atoms with E-state index < -0.39 is 0 Å². The van der Waals surface area contributed by atoms with Crippen molar-refractivity contribution < 1.29 is 4.79 Å². The highest BCUT2D eigenvalue weighted by atomic mass is 16.1. The lowest BCUT2D eigenvalue weighted by Crippen LogP contribution is -2.01. The lowest BCUT2D eigenvalue weighted by molar-refractivity contribution is -0.115. The van der Waals surface area contributed by atoms with E-state index >= 15 is 0 Å². The molecule has 0 aromatic rings. The molecule has 0 heterocycles. The molecule has 0 saturated carbocycles. The van der Waals surface area contributed by atoms with Gasteiger partial charge in [-0.2, -0.15) is 0 Å². The number of nitrogens with two attached hydrogens (primary N) is 1. The van der Waals surface area contributed by atoms with Gasteiger partial charge >= 0.3 is 0 Å². The molecule has 88 valence electrons. The first-order valence-corrected chi connectivity index (χ1v) is 5.80. The third-order valence-electron chi connectivity index (χ3n) is 1.75. The van der Waals surface area contributed by atoms with Gasteiger partial charge in [-0.25, -0.2) is 0 Å². The number of carbonyl (C=O) groups is 1. The number of amides is 1. The van der Waals surface area contributed by atoms with E-state index in [1.165, 1.54) is 32.6 Å². The molecule has 0 spiro atoms. The Morgan fingerprint density at radius 3 is 1.86 bits per heavy atom. The fourth-order valence-corrected chi connectivity index (χ4v) is 0.757. The predicted molar refractivity (Wildman–Crippen MR) is 65.2 cm³/mol. The molecule has 14 heavy (non-hydrogen) atoms. The van der Waals surface area contributed by atoms with Crippen molar-refractivity contribution >= 4 is 5.91 Å². The molecule has 0 aliphatic carbocycles. The maximum atomic E-state index is 9.22. The van der Waals surface area contributed by atoms with Gasteiger partial charge in [-0.05, 0) is 5.92 Å². The molecule has 2 heteroatoms. The summed E-state index contributed by atoms with van der Waals surface area (Å²) in [6.07, 6.45) is 5.53. The number of hydrogen-bond acceptors (Lipinski definition) is 1. The minimum Gasteiger partial charge on any atom is -0.370 e. The fraction of sp³-hybridized carbons (Fsp3) is 0.917. The molecule has 0 aliphatic rings. The van der Waals surface area contributed by atoms with Crippen molar-refractivity contribution in [3.63, 3.8) is 0 Å². The van der Waals surface area contributed by atoms with E-state index in [4.69, 9.17) is 0 Å². The summed E-state index contributed by atoms with van der Waals surface area (Å²) >= 11 is 0. The van der Waals surface area contributed by atoms with Gasteiger partial charge in [0.1, 0.15) is 0 Å². The Hall–Kier alpha value is -0.530. The lowest BCUT2D eigenvalue weighted by Gasteiger charge is -2.04. The van der Waals surface area contributed by atoms with Crippen molar-refractivity contribution in [3.05, 3.63) is 0 Å². The predicted octanol–water partition coefficient (Wildman–Crippen LogP) is 3.74. The quantitative estimate of drug-likeness (QED) is 0.743. The standard InChI is InChI=1S/C8H18.C2H5NO.C2H6/c1-4-6-7-8(3)5-2;1-2(3)4;1-2/h8H,4-7H2,1-3H3;1H3,(H2,3,4);1-2H3.